The number of likely N-dealkylation sites (tertiary alicyclic amines) is 1. The lowest BCUT2D eigenvalue weighted by atomic mass is 10.0. The number of hydrogen-bond donors (Lipinski definition) is 0. The molecule has 0 N–H and O–H groups in total. The van der Waals surface area contributed by atoms with Gasteiger partial charge in [-0.15, -0.1) is 0 Å². The minimum Gasteiger partial charge on any atom is -0.466 e. The smallest absolute Gasteiger partial charge is 0.307 e. The minimum atomic E-state index is -0.298. The highest BCUT2D eigenvalue weighted by atomic mass is 35.5. The molecule has 7 heteroatoms. The van der Waals surface area contributed by atoms with Crippen molar-refractivity contribution in [1.29, 1.82) is 0 Å². The van der Waals surface area contributed by atoms with Gasteiger partial charge in [0.05, 0.1) is 35.5 Å². The van der Waals surface area contributed by atoms with E-state index in [1.165, 1.54) is 12.8 Å². The first-order valence-corrected chi connectivity index (χ1v) is 11.9. The standard InChI is InChI=1S/C25H30Cl2N2O3/c1-2-32-25(31)12-15-29(24(30)17-19-10-11-21(26)22(27)16-19)23(18-28-13-6-7-14-28)20-8-4-3-5-9-20/h3-5,8-11,16,23H,2,6-7,12-15,17-18H2,1H3. The largest absolute Gasteiger partial charge is 0.466 e. The maximum Gasteiger partial charge on any atom is 0.307 e. The quantitative estimate of drug-likeness (QED) is 0.444. The molecule has 2 aromatic carbocycles. The molecule has 1 unspecified atom stereocenters. The minimum absolute atomic E-state index is 0.0549. The summed E-state index contributed by atoms with van der Waals surface area (Å²) in [7, 11) is 0. The van der Waals surface area contributed by atoms with Crippen LogP contribution in [0.5, 0.6) is 0 Å². The van der Waals surface area contributed by atoms with Gasteiger partial charge < -0.3 is 14.5 Å². The van der Waals surface area contributed by atoms with Crippen molar-refractivity contribution in [1.82, 2.24) is 9.80 Å². The second-order valence-electron chi connectivity index (χ2n) is 8.00. The van der Waals surface area contributed by atoms with Crippen LogP contribution in [0.4, 0.5) is 0 Å². The Hall–Kier alpha value is -2.08. The number of ether oxygens (including phenoxy) is 1. The van der Waals surface area contributed by atoms with Crippen LogP contribution < -0.4 is 0 Å². The summed E-state index contributed by atoms with van der Waals surface area (Å²) in [5.74, 6) is -0.353. The normalized spacial score (nSPS) is 14.8. The molecule has 3 rings (SSSR count). The molecule has 5 nitrogen and oxygen atoms in total. The van der Waals surface area contributed by atoms with Crippen LogP contribution in [0.2, 0.25) is 10.0 Å². The number of hydrogen-bond acceptors (Lipinski definition) is 4. The second kappa shape index (κ2) is 12.2. The molecule has 1 fully saturated rings. The number of amides is 1. The highest BCUT2D eigenvalue weighted by molar-refractivity contribution is 6.42. The van der Waals surface area contributed by atoms with Crippen LogP contribution in [-0.2, 0) is 20.7 Å². The molecule has 0 spiro atoms. The fraction of sp³-hybridized carbons (Fsp3) is 0.440. The third-order valence-corrected chi connectivity index (χ3v) is 6.45. The summed E-state index contributed by atoms with van der Waals surface area (Å²) in [6.45, 7) is 5.19. The van der Waals surface area contributed by atoms with Gasteiger partial charge in [0, 0.05) is 13.1 Å². The van der Waals surface area contributed by atoms with Gasteiger partial charge in [-0.1, -0.05) is 59.6 Å². The van der Waals surface area contributed by atoms with Crippen molar-refractivity contribution in [2.75, 3.05) is 32.8 Å². The molecule has 0 bridgehead atoms. The number of esters is 1. The number of halogens is 2. The highest BCUT2D eigenvalue weighted by Gasteiger charge is 2.29. The summed E-state index contributed by atoms with van der Waals surface area (Å²) in [6.07, 6.45) is 2.68. The molecule has 0 aromatic heterocycles. The summed E-state index contributed by atoms with van der Waals surface area (Å²) in [6, 6.07) is 15.1. The number of benzene rings is 2. The average Bonchev–Trinajstić information content (AvgIpc) is 3.30. The predicted molar refractivity (Wildman–Crippen MR) is 128 cm³/mol. The predicted octanol–water partition coefficient (Wildman–Crippen LogP) is 5.15. The van der Waals surface area contributed by atoms with Crippen LogP contribution in [0.3, 0.4) is 0 Å². The molecule has 0 radical (unpaired) electrons. The zero-order valence-electron chi connectivity index (χ0n) is 18.4. The zero-order valence-corrected chi connectivity index (χ0v) is 19.9. The van der Waals surface area contributed by atoms with Crippen molar-refractivity contribution in [2.24, 2.45) is 0 Å². The van der Waals surface area contributed by atoms with E-state index >= 15 is 0 Å². The first kappa shape index (κ1) is 24.6. The van der Waals surface area contributed by atoms with Gasteiger partial charge in [0.25, 0.3) is 0 Å². The number of carbonyl (C=O) groups excluding carboxylic acids is 2. The van der Waals surface area contributed by atoms with Crippen molar-refractivity contribution < 1.29 is 14.3 Å². The summed E-state index contributed by atoms with van der Waals surface area (Å²) in [5, 5.41) is 0.880. The van der Waals surface area contributed by atoms with Crippen molar-refractivity contribution in [3.8, 4) is 0 Å². The third-order valence-electron chi connectivity index (χ3n) is 5.71. The van der Waals surface area contributed by atoms with Gasteiger partial charge in [-0.05, 0) is 56.1 Å². The lowest BCUT2D eigenvalue weighted by molar-refractivity contribution is -0.144. The lowest BCUT2D eigenvalue weighted by Crippen LogP contribution is -2.42. The number of rotatable bonds is 10. The Morgan fingerprint density at radius 3 is 2.44 bits per heavy atom. The molecular formula is C25H30Cl2N2O3. The monoisotopic (exact) mass is 476 g/mol. The maximum atomic E-state index is 13.5. The molecule has 1 aliphatic heterocycles. The van der Waals surface area contributed by atoms with Crippen molar-refractivity contribution in [2.45, 2.75) is 38.6 Å². The van der Waals surface area contributed by atoms with Crippen molar-refractivity contribution in [3.05, 3.63) is 69.7 Å². The Bertz CT molecular complexity index is 901. The molecule has 172 valence electrons. The maximum absolute atomic E-state index is 13.5. The Morgan fingerprint density at radius 1 is 1.06 bits per heavy atom. The van der Waals surface area contributed by atoms with Gasteiger partial charge in [0.2, 0.25) is 5.91 Å². The Balaban J connectivity index is 1.86. The van der Waals surface area contributed by atoms with E-state index in [-0.39, 0.29) is 30.8 Å². The summed E-state index contributed by atoms with van der Waals surface area (Å²) >= 11 is 12.2. The highest BCUT2D eigenvalue weighted by Crippen LogP contribution is 2.27. The van der Waals surface area contributed by atoms with Gasteiger partial charge in [0.15, 0.2) is 0 Å². The van der Waals surface area contributed by atoms with Crippen molar-refractivity contribution >= 4 is 35.1 Å². The van der Waals surface area contributed by atoms with Crippen LogP contribution in [0, 0.1) is 0 Å². The Kier molecular flexibility index (Phi) is 9.39. The van der Waals surface area contributed by atoms with E-state index in [2.05, 4.69) is 4.90 Å². The van der Waals surface area contributed by atoms with E-state index in [1.54, 1.807) is 19.1 Å². The van der Waals surface area contributed by atoms with E-state index in [4.69, 9.17) is 27.9 Å². The van der Waals surface area contributed by atoms with Gasteiger partial charge in [-0.3, -0.25) is 9.59 Å². The first-order valence-electron chi connectivity index (χ1n) is 11.1. The van der Waals surface area contributed by atoms with E-state index in [1.807, 2.05) is 41.3 Å². The molecule has 2 aromatic rings. The molecule has 1 atom stereocenters. The summed E-state index contributed by atoms with van der Waals surface area (Å²) < 4.78 is 5.12. The molecule has 0 aliphatic carbocycles. The third kappa shape index (κ3) is 6.96. The first-order chi connectivity index (χ1) is 15.5. The van der Waals surface area contributed by atoms with Gasteiger partial charge in [-0.25, -0.2) is 0 Å². The van der Waals surface area contributed by atoms with Gasteiger partial charge in [-0.2, -0.15) is 0 Å². The van der Waals surface area contributed by atoms with E-state index in [0.717, 1.165) is 30.8 Å². The van der Waals surface area contributed by atoms with E-state index in [9.17, 15) is 9.59 Å². The van der Waals surface area contributed by atoms with Gasteiger partial charge in [0.1, 0.15) is 0 Å². The average molecular weight is 477 g/mol. The fourth-order valence-electron chi connectivity index (χ4n) is 4.09. The van der Waals surface area contributed by atoms with Crippen LogP contribution >= 0.6 is 23.2 Å². The Labute approximate surface area is 200 Å². The molecular weight excluding hydrogens is 447 g/mol. The van der Waals surface area contributed by atoms with Crippen LogP contribution in [-0.4, -0.2) is 54.5 Å². The summed E-state index contributed by atoms with van der Waals surface area (Å²) in [4.78, 5) is 29.9. The van der Waals surface area contributed by atoms with Gasteiger partial charge >= 0.3 is 5.97 Å². The molecule has 1 heterocycles. The molecule has 0 saturated carbocycles. The van der Waals surface area contributed by atoms with E-state index < -0.39 is 0 Å². The van der Waals surface area contributed by atoms with E-state index in [0.29, 0.717) is 23.2 Å². The van der Waals surface area contributed by atoms with Crippen LogP contribution in [0.15, 0.2) is 48.5 Å². The second-order valence-corrected chi connectivity index (χ2v) is 8.82. The SMILES string of the molecule is CCOC(=O)CCN(C(=O)Cc1ccc(Cl)c(Cl)c1)C(CN1CCCC1)c1ccccc1. The molecule has 32 heavy (non-hydrogen) atoms. The molecule has 1 amide bonds. The van der Waals surface area contributed by atoms with Crippen LogP contribution in [0.1, 0.15) is 43.4 Å². The zero-order chi connectivity index (χ0) is 22.9. The van der Waals surface area contributed by atoms with Crippen molar-refractivity contribution in [3.63, 3.8) is 0 Å². The topological polar surface area (TPSA) is 49.9 Å². The number of carbonyl (C=O) groups is 2. The Morgan fingerprint density at radius 2 is 1.78 bits per heavy atom. The molecule has 1 aliphatic rings. The fourth-order valence-corrected chi connectivity index (χ4v) is 4.41. The number of nitrogens with zero attached hydrogens (tertiary/aromatic N) is 2. The summed E-state index contributed by atoms with van der Waals surface area (Å²) in [5.41, 5.74) is 1.85. The van der Waals surface area contributed by atoms with Crippen LogP contribution in [0.25, 0.3) is 0 Å². The molecule has 1 saturated heterocycles. The lowest BCUT2D eigenvalue weighted by Gasteiger charge is -2.35.